The van der Waals surface area contributed by atoms with Gasteiger partial charge in [0, 0.05) is 18.0 Å². The predicted octanol–water partition coefficient (Wildman–Crippen LogP) is 1.48. The fourth-order valence-corrected chi connectivity index (χ4v) is 2.27. The molecule has 2 unspecified atom stereocenters. The molecule has 1 aromatic carbocycles. The predicted molar refractivity (Wildman–Crippen MR) is 62.4 cm³/mol. The van der Waals surface area contributed by atoms with Crippen LogP contribution in [0.15, 0.2) is 24.3 Å². The third-order valence-electron chi connectivity index (χ3n) is 3.29. The van der Waals surface area contributed by atoms with Gasteiger partial charge in [0.25, 0.3) is 0 Å². The van der Waals surface area contributed by atoms with Crippen molar-refractivity contribution in [1.82, 2.24) is 4.90 Å². The maximum atomic E-state index is 10.5. The van der Waals surface area contributed by atoms with Gasteiger partial charge in [0.1, 0.15) is 6.29 Å². The van der Waals surface area contributed by atoms with E-state index < -0.39 is 6.10 Å². The van der Waals surface area contributed by atoms with E-state index in [1.165, 1.54) is 0 Å². The fraction of sp³-hybridized carbons (Fsp3) is 0.462. The first-order valence-electron chi connectivity index (χ1n) is 5.62. The molecule has 3 nitrogen and oxygen atoms in total. The van der Waals surface area contributed by atoms with Crippen molar-refractivity contribution in [1.29, 1.82) is 0 Å². The first-order chi connectivity index (χ1) is 7.70. The first-order valence-corrected chi connectivity index (χ1v) is 5.62. The van der Waals surface area contributed by atoms with Crippen LogP contribution in [0.1, 0.15) is 28.4 Å². The molecule has 1 aliphatic rings. The van der Waals surface area contributed by atoms with Crippen molar-refractivity contribution in [2.24, 2.45) is 5.92 Å². The average molecular weight is 219 g/mol. The number of aliphatic hydroxyl groups excluding tert-OH is 1. The van der Waals surface area contributed by atoms with Crippen LogP contribution in [-0.4, -0.2) is 36.4 Å². The molecule has 0 aromatic heterocycles. The number of benzene rings is 1. The third kappa shape index (κ3) is 2.31. The van der Waals surface area contributed by atoms with Crippen LogP contribution in [0.25, 0.3) is 0 Å². The first kappa shape index (κ1) is 11.3. The van der Waals surface area contributed by atoms with E-state index in [4.69, 9.17) is 0 Å². The average Bonchev–Trinajstić information content (AvgIpc) is 2.75. The zero-order valence-corrected chi connectivity index (χ0v) is 9.47. The minimum atomic E-state index is -0.411. The van der Waals surface area contributed by atoms with E-state index in [2.05, 4.69) is 11.9 Å². The summed E-state index contributed by atoms with van der Waals surface area (Å²) in [7, 11) is 2.07. The van der Waals surface area contributed by atoms with E-state index in [-0.39, 0.29) is 0 Å². The molecule has 0 radical (unpaired) electrons. The van der Waals surface area contributed by atoms with Gasteiger partial charge in [-0.15, -0.1) is 0 Å². The molecule has 16 heavy (non-hydrogen) atoms. The Hall–Kier alpha value is -1.19. The normalized spacial score (nSPS) is 23.2. The third-order valence-corrected chi connectivity index (χ3v) is 3.29. The van der Waals surface area contributed by atoms with E-state index in [9.17, 15) is 9.90 Å². The van der Waals surface area contributed by atoms with Gasteiger partial charge in [-0.25, -0.2) is 0 Å². The van der Waals surface area contributed by atoms with Crippen molar-refractivity contribution in [2.75, 3.05) is 20.1 Å². The number of aliphatic hydroxyl groups is 1. The molecule has 1 fully saturated rings. The van der Waals surface area contributed by atoms with Crippen molar-refractivity contribution >= 4 is 6.29 Å². The smallest absolute Gasteiger partial charge is 0.150 e. The quantitative estimate of drug-likeness (QED) is 0.783. The Morgan fingerprint density at radius 3 is 2.62 bits per heavy atom. The number of hydrogen-bond acceptors (Lipinski definition) is 3. The number of rotatable bonds is 3. The second-order valence-corrected chi connectivity index (χ2v) is 4.54. The molecular formula is C13H17NO2. The van der Waals surface area contributed by atoms with Crippen LogP contribution in [0.3, 0.4) is 0 Å². The van der Waals surface area contributed by atoms with Gasteiger partial charge < -0.3 is 10.0 Å². The van der Waals surface area contributed by atoms with E-state index >= 15 is 0 Å². The van der Waals surface area contributed by atoms with Gasteiger partial charge in [0.05, 0.1) is 6.10 Å². The highest BCUT2D eigenvalue weighted by atomic mass is 16.3. The minimum absolute atomic E-state index is 0.312. The highest BCUT2D eigenvalue weighted by Crippen LogP contribution is 2.29. The lowest BCUT2D eigenvalue weighted by atomic mass is 9.94. The molecule has 0 saturated carbocycles. The Morgan fingerprint density at radius 1 is 1.44 bits per heavy atom. The summed E-state index contributed by atoms with van der Waals surface area (Å²) in [6.07, 6.45) is 1.44. The fourth-order valence-electron chi connectivity index (χ4n) is 2.27. The zero-order valence-electron chi connectivity index (χ0n) is 9.47. The van der Waals surface area contributed by atoms with Gasteiger partial charge in [0.2, 0.25) is 0 Å². The Balaban J connectivity index is 2.08. The molecular weight excluding hydrogens is 202 g/mol. The van der Waals surface area contributed by atoms with Gasteiger partial charge >= 0.3 is 0 Å². The highest BCUT2D eigenvalue weighted by Gasteiger charge is 2.27. The van der Waals surface area contributed by atoms with Crippen LogP contribution < -0.4 is 0 Å². The second-order valence-electron chi connectivity index (χ2n) is 4.54. The van der Waals surface area contributed by atoms with Gasteiger partial charge in [-0.2, -0.15) is 0 Å². The molecule has 0 spiro atoms. The van der Waals surface area contributed by atoms with Crippen LogP contribution in [0, 0.1) is 5.92 Å². The summed E-state index contributed by atoms with van der Waals surface area (Å²) in [5.41, 5.74) is 1.56. The van der Waals surface area contributed by atoms with Crippen LogP contribution in [0.4, 0.5) is 0 Å². The van der Waals surface area contributed by atoms with Crippen LogP contribution in [-0.2, 0) is 0 Å². The van der Waals surface area contributed by atoms with E-state index in [0.717, 1.165) is 31.4 Å². The molecule has 0 bridgehead atoms. The van der Waals surface area contributed by atoms with Crippen LogP contribution in [0.5, 0.6) is 0 Å². The summed E-state index contributed by atoms with van der Waals surface area (Å²) < 4.78 is 0. The van der Waals surface area contributed by atoms with Crippen molar-refractivity contribution in [3.63, 3.8) is 0 Å². The van der Waals surface area contributed by atoms with Crippen molar-refractivity contribution in [2.45, 2.75) is 12.5 Å². The molecule has 1 aliphatic heterocycles. The molecule has 1 heterocycles. The van der Waals surface area contributed by atoms with Gasteiger partial charge in [-0.1, -0.05) is 24.3 Å². The largest absolute Gasteiger partial charge is 0.388 e. The zero-order chi connectivity index (χ0) is 11.5. The standard InChI is InChI=1S/C13H17NO2/c1-14-7-6-12(8-14)13(16)11-4-2-10(9-15)3-5-11/h2-5,9,12-13,16H,6-8H2,1H3. The molecule has 2 rings (SSSR count). The topological polar surface area (TPSA) is 40.5 Å². The SMILES string of the molecule is CN1CCC(C(O)c2ccc(C=O)cc2)C1. The molecule has 1 saturated heterocycles. The van der Waals surface area contributed by atoms with Gasteiger partial charge in [-0.05, 0) is 25.6 Å². The molecule has 0 aliphatic carbocycles. The Kier molecular flexibility index (Phi) is 3.36. The monoisotopic (exact) mass is 219 g/mol. The summed E-state index contributed by atoms with van der Waals surface area (Å²) in [4.78, 5) is 12.7. The van der Waals surface area contributed by atoms with Crippen LogP contribution >= 0.6 is 0 Å². The molecule has 1 aromatic rings. The number of hydrogen-bond donors (Lipinski definition) is 1. The number of likely N-dealkylation sites (tertiary alicyclic amines) is 1. The molecule has 86 valence electrons. The molecule has 3 heteroatoms. The lowest BCUT2D eigenvalue weighted by molar-refractivity contribution is 0.111. The number of aldehydes is 1. The van der Waals surface area contributed by atoms with Crippen molar-refractivity contribution in [3.8, 4) is 0 Å². The summed E-state index contributed by atoms with van der Waals surface area (Å²) in [5.74, 6) is 0.312. The lowest BCUT2D eigenvalue weighted by Crippen LogP contribution is -2.18. The van der Waals surface area contributed by atoms with Crippen molar-refractivity contribution < 1.29 is 9.90 Å². The van der Waals surface area contributed by atoms with Crippen LogP contribution in [0.2, 0.25) is 0 Å². The minimum Gasteiger partial charge on any atom is -0.388 e. The Labute approximate surface area is 95.7 Å². The second kappa shape index (κ2) is 4.76. The van der Waals surface area contributed by atoms with Gasteiger partial charge in [-0.3, -0.25) is 4.79 Å². The van der Waals surface area contributed by atoms with E-state index in [1.54, 1.807) is 12.1 Å². The molecule has 1 N–H and O–H groups in total. The summed E-state index contributed by atoms with van der Waals surface area (Å²) >= 11 is 0. The van der Waals surface area contributed by atoms with E-state index in [0.29, 0.717) is 11.5 Å². The molecule has 2 atom stereocenters. The summed E-state index contributed by atoms with van der Waals surface area (Å²) in [6.45, 7) is 1.99. The van der Waals surface area contributed by atoms with E-state index in [1.807, 2.05) is 12.1 Å². The number of carbonyl (C=O) groups excluding carboxylic acids is 1. The molecule has 0 amide bonds. The Bertz CT molecular complexity index is 361. The maximum absolute atomic E-state index is 10.5. The van der Waals surface area contributed by atoms with Gasteiger partial charge in [0.15, 0.2) is 0 Å². The number of carbonyl (C=O) groups is 1. The van der Waals surface area contributed by atoms with Crippen molar-refractivity contribution in [3.05, 3.63) is 35.4 Å². The summed E-state index contributed by atoms with van der Waals surface area (Å²) in [5, 5.41) is 10.2. The summed E-state index contributed by atoms with van der Waals surface area (Å²) in [6, 6.07) is 7.19. The maximum Gasteiger partial charge on any atom is 0.150 e. The Morgan fingerprint density at radius 2 is 2.12 bits per heavy atom. The lowest BCUT2D eigenvalue weighted by Gasteiger charge is -2.18. The highest BCUT2D eigenvalue weighted by molar-refractivity contribution is 5.74. The number of nitrogens with zero attached hydrogens (tertiary/aromatic N) is 1.